The van der Waals surface area contributed by atoms with Crippen molar-refractivity contribution in [1.82, 2.24) is 0 Å². The van der Waals surface area contributed by atoms with Gasteiger partial charge in [0, 0.05) is 0 Å². The first-order valence-corrected chi connectivity index (χ1v) is 14.0. The molecule has 24 heavy (non-hydrogen) atoms. The molecule has 0 aliphatic carbocycles. The Labute approximate surface area is 154 Å². The summed E-state index contributed by atoms with van der Waals surface area (Å²) in [6.07, 6.45) is 0. The molecule has 0 unspecified atom stereocenters. The van der Waals surface area contributed by atoms with E-state index in [1.54, 1.807) is 30.1 Å². The van der Waals surface area contributed by atoms with Gasteiger partial charge in [0.15, 0.2) is 0 Å². The van der Waals surface area contributed by atoms with Crippen molar-refractivity contribution in [3.05, 3.63) is 91.0 Å². The second kappa shape index (κ2) is 9.14. The van der Waals surface area contributed by atoms with E-state index < -0.39 is 28.3 Å². The monoisotopic (exact) mass is 513 g/mol. The van der Waals surface area contributed by atoms with Gasteiger partial charge in [-0.05, 0) is 20.8 Å². The summed E-state index contributed by atoms with van der Waals surface area (Å²) in [5.41, 5.74) is -0.500. The molecule has 123 valence electrons. The fourth-order valence-corrected chi connectivity index (χ4v) is 12.3. The number of rotatable bonds is 3. The third kappa shape index (κ3) is 6.57. The van der Waals surface area contributed by atoms with Crippen LogP contribution >= 0.6 is 0 Å². The van der Waals surface area contributed by atoms with Crippen LogP contribution in [-0.4, -0.2) is 33.4 Å². The molecule has 1 N–H and O–H groups in total. The van der Waals surface area contributed by atoms with E-state index in [0.717, 1.165) is 0 Å². The molecule has 0 aromatic heterocycles. The van der Waals surface area contributed by atoms with Crippen molar-refractivity contribution in [2.24, 2.45) is 0 Å². The third-order valence-electron chi connectivity index (χ3n) is 3.19. The predicted octanol–water partition coefficient (Wildman–Crippen LogP) is 2.98. The Morgan fingerprint density at radius 2 is 0.750 bits per heavy atom. The van der Waals surface area contributed by atoms with E-state index in [2.05, 4.69) is 91.0 Å². The minimum atomic E-state index is -2.17. The van der Waals surface area contributed by atoms with Crippen LogP contribution in [0.2, 0.25) is 0 Å². The Bertz CT molecular complexity index is 603. The first-order chi connectivity index (χ1) is 11.4. The average molecular weight is 513 g/mol. The zero-order valence-corrected chi connectivity index (χ0v) is 18.5. The van der Waals surface area contributed by atoms with Crippen molar-refractivity contribution in [2.75, 3.05) is 0 Å². The zero-order chi connectivity index (χ0) is 17.4. The fourth-order valence-electron chi connectivity index (χ4n) is 2.31. The van der Waals surface area contributed by atoms with E-state index in [4.69, 9.17) is 5.11 Å². The number of hydrogen-bond acceptors (Lipinski definition) is 1. The van der Waals surface area contributed by atoms with E-state index in [9.17, 15) is 0 Å². The van der Waals surface area contributed by atoms with Crippen LogP contribution in [0.15, 0.2) is 91.0 Å². The van der Waals surface area contributed by atoms with Gasteiger partial charge >= 0.3 is 123 Å². The Hall–Kier alpha value is -1.46. The van der Waals surface area contributed by atoms with E-state index >= 15 is 0 Å². The summed E-state index contributed by atoms with van der Waals surface area (Å²) in [6.45, 7) is 5.23. The topological polar surface area (TPSA) is 20.2 Å². The molecule has 0 heterocycles. The van der Waals surface area contributed by atoms with Gasteiger partial charge in [-0.15, -0.1) is 0 Å². The molecule has 3 aromatic rings. The molecule has 3 rings (SSSR count). The SMILES string of the molecule is CC(C)(C)O.c1cc[c]([Pb]([c]2ccccc2)[c]2ccccc2)cc1. The summed E-state index contributed by atoms with van der Waals surface area (Å²) in [5, 5.41) is 8.52. The van der Waals surface area contributed by atoms with Crippen LogP contribution in [0, 0.1) is 0 Å². The third-order valence-corrected chi connectivity index (χ3v) is 13.8. The predicted molar refractivity (Wildman–Crippen MR) is 106 cm³/mol. The first-order valence-electron chi connectivity index (χ1n) is 8.21. The van der Waals surface area contributed by atoms with Crippen LogP contribution in [0.4, 0.5) is 0 Å². The molecule has 0 fully saturated rings. The number of aliphatic hydroxyl groups is 1. The second-order valence-electron chi connectivity index (χ2n) is 6.64. The number of hydrogen-bond donors (Lipinski definition) is 1. The van der Waals surface area contributed by atoms with Crippen molar-refractivity contribution in [2.45, 2.75) is 26.4 Å². The van der Waals surface area contributed by atoms with Crippen molar-refractivity contribution in [3.8, 4) is 0 Å². The maximum atomic E-state index is 8.52. The summed E-state index contributed by atoms with van der Waals surface area (Å²) in [6, 6.07) is 33.0. The quantitative estimate of drug-likeness (QED) is 0.535. The first kappa shape index (κ1) is 18.9. The van der Waals surface area contributed by atoms with E-state index in [1.165, 1.54) is 0 Å². The summed E-state index contributed by atoms with van der Waals surface area (Å²) in [5.74, 6) is 0. The van der Waals surface area contributed by atoms with Gasteiger partial charge in [0.05, 0.1) is 5.60 Å². The Morgan fingerprint density at radius 1 is 0.542 bits per heavy atom. The van der Waals surface area contributed by atoms with Gasteiger partial charge in [-0.2, -0.15) is 0 Å². The molecule has 0 saturated heterocycles. The van der Waals surface area contributed by atoms with Crippen LogP contribution in [0.1, 0.15) is 20.8 Å². The van der Waals surface area contributed by atoms with Crippen molar-refractivity contribution >= 4 is 32.1 Å². The van der Waals surface area contributed by atoms with Gasteiger partial charge in [0.25, 0.3) is 0 Å². The molecule has 1 radical (unpaired) electrons. The molecular weight excluding hydrogens is 487 g/mol. The van der Waals surface area contributed by atoms with Crippen LogP contribution in [-0.2, 0) is 0 Å². The molecule has 0 spiro atoms. The average Bonchev–Trinajstić information content (AvgIpc) is 2.57. The molecule has 0 bridgehead atoms. The van der Waals surface area contributed by atoms with Gasteiger partial charge < -0.3 is 5.11 Å². The molecular formula is C22H25OPb. The van der Waals surface area contributed by atoms with Gasteiger partial charge in [-0.25, -0.2) is 0 Å². The van der Waals surface area contributed by atoms with Gasteiger partial charge in [0.2, 0.25) is 0 Å². The van der Waals surface area contributed by atoms with Gasteiger partial charge in [-0.3, -0.25) is 0 Å². The van der Waals surface area contributed by atoms with E-state index in [0.29, 0.717) is 0 Å². The van der Waals surface area contributed by atoms with Gasteiger partial charge in [0.1, 0.15) is 0 Å². The van der Waals surface area contributed by atoms with E-state index in [1.807, 2.05) is 0 Å². The summed E-state index contributed by atoms with van der Waals surface area (Å²) < 4.78 is 4.64. The second-order valence-corrected chi connectivity index (χ2v) is 16.3. The molecule has 0 aliphatic rings. The van der Waals surface area contributed by atoms with Crippen molar-refractivity contribution in [3.63, 3.8) is 0 Å². The Kier molecular flexibility index (Phi) is 7.19. The minimum absolute atomic E-state index is 0.500. The summed E-state index contributed by atoms with van der Waals surface area (Å²) in [7, 11) is 0. The number of benzene rings is 3. The standard InChI is InChI=1S/3C6H5.C4H10O.Pb/c3*1-2-4-6-5-3-1;1-4(2,3)5;/h3*1-5H;5H,1-3H3;. The Morgan fingerprint density at radius 3 is 0.958 bits per heavy atom. The maximum absolute atomic E-state index is 8.52. The molecule has 0 amide bonds. The molecule has 1 nitrogen and oxygen atoms in total. The van der Waals surface area contributed by atoms with Crippen LogP contribution in [0.25, 0.3) is 0 Å². The van der Waals surface area contributed by atoms with Crippen LogP contribution < -0.4 is 9.37 Å². The molecule has 0 atom stereocenters. The van der Waals surface area contributed by atoms with Crippen LogP contribution in [0.5, 0.6) is 0 Å². The fraction of sp³-hybridized carbons (Fsp3) is 0.182. The normalized spacial score (nSPS) is 10.9. The molecule has 0 aliphatic heterocycles. The Balaban J connectivity index is 0.000000368. The summed E-state index contributed by atoms with van der Waals surface area (Å²) in [4.78, 5) is 0. The summed E-state index contributed by atoms with van der Waals surface area (Å²) >= 11 is -2.17. The zero-order valence-electron chi connectivity index (χ0n) is 14.6. The van der Waals surface area contributed by atoms with Gasteiger partial charge in [-0.1, -0.05) is 0 Å². The molecule has 2 heteroatoms. The van der Waals surface area contributed by atoms with Crippen molar-refractivity contribution in [1.29, 1.82) is 0 Å². The molecule has 3 aromatic carbocycles. The molecule has 0 saturated carbocycles. The van der Waals surface area contributed by atoms with Crippen molar-refractivity contribution < 1.29 is 5.11 Å². The van der Waals surface area contributed by atoms with Crippen LogP contribution in [0.3, 0.4) is 0 Å². The van der Waals surface area contributed by atoms with E-state index in [-0.39, 0.29) is 0 Å².